The molecule has 8 heteroatoms. The van der Waals surface area contributed by atoms with E-state index in [1.54, 1.807) is 6.92 Å². The van der Waals surface area contributed by atoms with Gasteiger partial charge in [0, 0.05) is 17.7 Å². The monoisotopic (exact) mass is 330 g/mol. The van der Waals surface area contributed by atoms with Gasteiger partial charge in [-0.25, -0.2) is 14.4 Å². The Hall–Kier alpha value is -3.29. The van der Waals surface area contributed by atoms with E-state index in [9.17, 15) is 9.18 Å². The van der Waals surface area contributed by atoms with Gasteiger partial charge < -0.3 is 14.6 Å². The predicted octanol–water partition coefficient (Wildman–Crippen LogP) is 3.05. The van der Waals surface area contributed by atoms with Crippen LogP contribution >= 0.6 is 0 Å². The predicted molar refractivity (Wildman–Crippen MR) is 85.6 cm³/mol. The number of rotatable bonds is 6. The van der Waals surface area contributed by atoms with Crippen molar-refractivity contribution < 1.29 is 18.4 Å². The molecule has 1 amide bonds. The number of hydrogen-bond donors (Lipinski definition) is 1. The fourth-order valence-corrected chi connectivity index (χ4v) is 1.79. The largest absolute Gasteiger partial charge is 0.497 e. The van der Waals surface area contributed by atoms with Gasteiger partial charge in [-0.05, 0) is 13.0 Å². The minimum Gasteiger partial charge on any atom is -0.497 e. The number of methoxy groups -OCH3 is 1. The van der Waals surface area contributed by atoms with Crippen LogP contribution in [0.2, 0.25) is 0 Å². The van der Waals surface area contributed by atoms with Crippen LogP contribution in [0.1, 0.15) is 21.9 Å². The van der Waals surface area contributed by atoms with Crippen molar-refractivity contribution >= 4 is 17.3 Å². The van der Waals surface area contributed by atoms with Gasteiger partial charge in [0.2, 0.25) is 0 Å². The summed E-state index contributed by atoms with van der Waals surface area (Å²) in [5, 5.41) is 6.16. The van der Waals surface area contributed by atoms with E-state index in [0.29, 0.717) is 11.5 Å². The molecule has 2 heterocycles. The van der Waals surface area contributed by atoms with Crippen LogP contribution in [0.4, 0.5) is 10.2 Å². The summed E-state index contributed by atoms with van der Waals surface area (Å²) in [5.74, 6) is -0.290. The summed E-state index contributed by atoms with van der Waals surface area (Å²) in [7, 11) is 1.40. The zero-order valence-corrected chi connectivity index (χ0v) is 13.2. The first-order valence-corrected chi connectivity index (χ1v) is 6.77. The van der Waals surface area contributed by atoms with E-state index < -0.39 is 11.7 Å². The summed E-state index contributed by atoms with van der Waals surface area (Å²) >= 11 is 0. The van der Waals surface area contributed by atoms with Crippen molar-refractivity contribution in [3.05, 3.63) is 66.4 Å². The first-order valence-electron chi connectivity index (χ1n) is 6.77. The van der Waals surface area contributed by atoms with Crippen LogP contribution in [0.25, 0.3) is 5.57 Å². The Labute approximate surface area is 137 Å². The second-order valence-electron chi connectivity index (χ2n) is 4.70. The Morgan fingerprint density at radius 3 is 2.67 bits per heavy atom. The van der Waals surface area contributed by atoms with Crippen molar-refractivity contribution in [1.82, 2.24) is 15.1 Å². The maximum atomic E-state index is 13.2. The van der Waals surface area contributed by atoms with Gasteiger partial charge in [-0.2, -0.15) is 0 Å². The van der Waals surface area contributed by atoms with Gasteiger partial charge in [0.05, 0.1) is 12.8 Å². The lowest BCUT2D eigenvalue weighted by Gasteiger charge is -2.10. The van der Waals surface area contributed by atoms with Crippen LogP contribution in [-0.4, -0.2) is 28.1 Å². The Morgan fingerprint density at radius 2 is 2.08 bits per heavy atom. The van der Waals surface area contributed by atoms with Crippen molar-refractivity contribution in [2.45, 2.75) is 6.92 Å². The molecule has 7 nitrogen and oxygen atoms in total. The Bertz CT molecular complexity index is 826. The van der Waals surface area contributed by atoms with Crippen LogP contribution in [0.5, 0.6) is 0 Å². The van der Waals surface area contributed by atoms with E-state index in [1.165, 1.54) is 25.6 Å². The van der Waals surface area contributed by atoms with E-state index in [-0.39, 0.29) is 22.8 Å². The molecule has 2 aromatic heterocycles. The summed E-state index contributed by atoms with van der Waals surface area (Å²) in [6, 6.07) is 2.94. The van der Waals surface area contributed by atoms with Crippen LogP contribution in [0, 0.1) is 6.92 Å². The van der Waals surface area contributed by atoms with Crippen LogP contribution < -0.4 is 5.32 Å². The third-order valence-electron chi connectivity index (χ3n) is 2.89. The van der Waals surface area contributed by atoms with Crippen LogP contribution in [0.15, 0.2) is 53.8 Å². The second-order valence-corrected chi connectivity index (χ2v) is 4.70. The van der Waals surface area contributed by atoms with Crippen LogP contribution in [0.3, 0.4) is 0 Å². The van der Waals surface area contributed by atoms with E-state index in [1.807, 2.05) is 0 Å². The number of nitrogens with one attached hydrogen (secondary N) is 1. The summed E-state index contributed by atoms with van der Waals surface area (Å²) < 4.78 is 23.0. The Kier molecular flexibility index (Phi) is 5.20. The number of hydrogen-bond acceptors (Lipinski definition) is 6. The first-order chi connectivity index (χ1) is 11.4. The number of aryl methyl sites for hydroxylation is 1. The normalized spacial score (nSPS) is 11.0. The van der Waals surface area contributed by atoms with Gasteiger partial charge in [0.1, 0.15) is 29.5 Å². The van der Waals surface area contributed by atoms with E-state index in [4.69, 9.17) is 9.26 Å². The van der Waals surface area contributed by atoms with Crippen molar-refractivity contribution in [2.75, 3.05) is 12.4 Å². The quantitative estimate of drug-likeness (QED) is 0.647. The first kappa shape index (κ1) is 17.1. The van der Waals surface area contributed by atoms with Crippen LogP contribution in [-0.2, 0) is 4.74 Å². The molecule has 0 bridgehead atoms. The molecule has 0 aliphatic heterocycles. The van der Waals surface area contributed by atoms with Crippen molar-refractivity contribution in [3.63, 3.8) is 0 Å². The van der Waals surface area contributed by atoms with E-state index >= 15 is 0 Å². The number of anilines is 1. The molecule has 0 unspecified atom stereocenters. The van der Waals surface area contributed by atoms with Crippen molar-refractivity contribution in [3.8, 4) is 0 Å². The lowest BCUT2D eigenvalue weighted by molar-refractivity contribution is 0.101. The minimum absolute atomic E-state index is 0.113. The molecule has 0 fully saturated rings. The SMILES string of the molecule is C=C(F)/C=C(\C(=C)OC)c1cc(NC(=O)c2cc(C)on2)ncn1. The fraction of sp³-hybridized carbons (Fsp3) is 0.125. The summed E-state index contributed by atoms with van der Waals surface area (Å²) in [4.78, 5) is 20.0. The molecule has 0 atom stereocenters. The number of allylic oxidation sites excluding steroid dienone is 3. The molecule has 24 heavy (non-hydrogen) atoms. The highest BCUT2D eigenvalue weighted by molar-refractivity contribution is 6.02. The highest BCUT2D eigenvalue weighted by atomic mass is 19.1. The number of aromatic nitrogens is 3. The number of nitrogens with zero attached hydrogens (tertiary/aromatic N) is 3. The highest BCUT2D eigenvalue weighted by Crippen LogP contribution is 2.24. The average Bonchev–Trinajstić information content (AvgIpc) is 2.98. The van der Waals surface area contributed by atoms with Gasteiger partial charge >= 0.3 is 0 Å². The molecular weight excluding hydrogens is 315 g/mol. The number of carbonyl (C=O) groups excluding carboxylic acids is 1. The molecule has 1 N–H and O–H groups in total. The number of ether oxygens (including phenoxy) is 1. The van der Waals surface area contributed by atoms with Gasteiger partial charge in [-0.3, -0.25) is 4.79 Å². The molecule has 0 saturated heterocycles. The zero-order valence-electron chi connectivity index (χ0n) is 13.2. The summed E-state index contributed by atoms with van der Waals surface area (Å²) in [6.45, 7) is 8.52. The average molecular weight is 330 g/mol. The molecule has 124 valence electrons. The fourth-order valence-electron chi connectivity index (χ4n) is 1.79. The molecule has 0 aliphatic rings. The molecule has 0 aliphatic carbocycles. The maximum absolute atomic E-state index is 13.2. The summed E-state index contributed by atoms with van der Waals surface area (Å²) in [5.41, 5.74) is 0.698. The molecule has 2 rings (SSSR count). The second kappa shape index (κ2) is 7.32. The molecule has 0 saturated carbocycles. The highest BCUT2D eigenvalue weighted by Gasteiger charge is 2.14. The molecule has 0 radical (unpaired) electrons. The third kappa shape index (κ3) is 4.13. The molecular formula is C16H15FN4O3. The maximum Gasteiger partial charge on any atom is 0.279 e. The standard InChI is InChI=1S/C16H15FN4O3/c1-9(17)5-12(11(3)23-4)13-7-15(19-8-18-13)20-16(22)14-6-10(2)24-21-14/h5-8H,1,3H2,2,4H3,(H,18,19,20,22)/b12-5+. The Balaban J connectivity index is 2.29. The van der Waals surface area contributed by atoms with E-state index in [2.05, 4.69) is 33.6 Å². The van der Waals surface area contributed by atoms with E-state index in [0.717, 1.165) is 6.08 Å². The molecule has 2 aromatic rings. The summed E-state index contributed by atoms with van der Waals surface area (Å²) in [6.07, 6.45) is 2.34. The minimum atomic E-state index is -0.689. The zero-order chi connectivity index (χ0) is 17.7. The number of carbonyl (C=O) groups is 1. The molecule has 0 aromatic carbocycles. The topological polar surface area (TPSA) is 90.1 Å². The van der Waals surface area contributed by atoms with Crippen molar-refractivity contribution in [2.24, 2.45) is 0 Å². The van der Waals surface area contributed by atoms with Crippen molar-refractivity contribution in [1.29, 1.82) is 0 Å². The lowest BCUT2D eigenvalue weighted by atomic mass is 10.1. The lowest BCUT2D eigenvalue weighted by Crippen LogP contribution is -2.13. The third-order valence-corrected chi connectivity index (χ3v) is 2.89. The van der Waals surface area contributed by atoms with Gasteiger partial charge in [0.25, 0.3) is 5.91 Å². The molecule has 0 spiro atoms. The van der Waals surface area contributed by atoms with Gasteiger partial charge in [0.15, 0.2) is 5.69 Å². The number of halogens is 1. The smallest absolute Gasteiger partial charge is 0.279 e. The number of amides is 1. The van der Waals surface area contributed by atoms with Gasteiger partial charge in [-0.1, -0.05) is 18.3 Å². The Morgan fingerprint density at radius 1 is 1.33 bits per heavy atom. The van der Waals surface area contributed by atoms with Gasteiger partial charge in [-0.15, -0.1) is 0 Å².